The molecule has 2 amide bonds. The van der Waals surface area contributed by atoms with Gasteiger partial charge in [0.05, 0.1) is 10.6 Å². The molecule has 2 rings (SSSR count). The first-order chi connectivity index (χ1) is 8.97. The third-order valence-electron chi connectivity index (χ3n) is 2.46. The fourth-order valence-corrected chi connectivity index (χ4v) is 2.56. The molecule has 1 heterocycles. The number of hydrogen-bond donors (Lipinski definition) is 3. The number of carbonyl (C=O) groups excluding carboxylic acids is 2. The molecule has 0 aliphatic carbocycles. The Balaban J connectivity index is 2.07. The van der Waals surface area contributed by atoms with E-state index in [1.165, 1.54) is 18.2 Å². The van der Waals surface area contributed by atoms with Crippen molar-refractivity contribution in [3.63, 3.8) is 0 Å². The maximum Gasteiger partial charge on any atom is 0.337 e. The van der Waals surface area contributed by atoms with Crippen LogP contribution in [0.2, 0.25) is 5.02 Å². The van der Waals surface area contributed by atoms with E-state index in [4.69, 9.17) is 16.7 Å². The normalized spacial score (nSPS) is 17.9. The molecule has 1 aliphatic heterocycles. The number of hydrogen-bond acceptors (Lipinski definition) is 4. The van der Waals surface area contributed by atoms with Gasteiger partial charge in [0, 0.05) is 11.4 Å². The number of carboxylic acid groups (broad SMARTS) is 1. The zero-order chi connectivity index (χ0) is 14.0. The molecule has 19 heavy (non-hydrogen) atoms. The van der Waals surface area contributed by atoms with Crippen LogP contribution in [0.1, 0.15) is 10.4 Å². The van der Waals surface area contributed by atoms with Crippen molar-refractivity contribution >= 4 is 46.2 Å². The van der Waals surface area contributed by atoms with Crippen LogP contribution in [0.15, 0.2) is 18.2 Å². The quantitative estimate of drug-likeness (QED) is 0.791. The topological polar surface area (TPSA) is 95.5 Å². The Bertz CT molecular complexity index is 564. The number of amides is 2. The van der Waals surface area contributed by atoms with E-state index in [2.05, 4.69) is 10.6 Å². The van der Waals surface area contributed by atoms with E-state index in [9.17, 15) is 14.4 Å². The number of nitrogens with one attached hydrogen (secondary N) is 2. The van der Waals surface area contributed by atoms with Crippen molar-refractivity contribution in [3.8, 4) is 0 Å². The smallest absolute Gasteiger partial charge is 0.337 e. The monoisotopic (exact) mass is 300 g/mol. The van der Waals surface area contributed by atoms with Gasteiger partial charge in [-0.05, 0) is 18.2 Å². The Labute approximate surface area is 117 Å². The molecule has 1 fully saturated rings. The zero-order valence-electron chi connectivity index (χ0n) is 9.47. The van der Waals surface area contributed by atoms with Crippen LogP contribution in [0.3, 0.4) is 0 Å². The number of carbonyl (C=O) groups is 3. The second kappa shape index (κ2) is 5.50. The van der Waals surface area contributed by atoms with Crippen molar-refractivity contribution in [2.45, 2.75) is 6.04 Å². The molecule has 1 aliphatic rings. The highest BCUT2D eigenvalue weighted by molar-refractivity contribution is 8.14. The Hall–Kier alpha value is -1.73. The predicted octanol–water partition coefficient (Wildman–Crippen LogP) is 1.80. The molecule has 0 aromatic heterocycles. The Morgan fingerprint density at radius 3 is 2.74 bits per heavy atom. The fourth-order valence-electron chi connectivity index (χ4n) is 1.52. The van der Waals surface area contributed by atoms with Crippen molar-refractivity contribution in [2.24, 2.45) is 0 Å². The third kappa shape index (κ3) is 3.18. The van der Waals surface area contributed by atoms with Gasteiger partial charge in [0.1, 0.15) is 6.04 Å². The number of halogens is 1. The first-order valence-corrected chi connectivity index (χ1v) is 6.60. The van der Waals surface area contributed by atoms with Gasteiger partial charge >= 0.3 is 5.97 Å². The summed E-state index contributed by atoms with van der Waals surface area (Å²) in [6.07, 6.45) is 0. The maximum atomic E-state index is 11.8. The first-order valence-electron chi connectivity index (χ1n) is 5.24. The lowest BCUT2D eigenvalue weighted by molar-refractivity contribution is -0.117. The summed E-state index contributed by atoms with van der Waals surface area (Å²) in [6, 6.07) is 3.52. The molecule has 0 bridgehead atoms. The molecule has 1 unspecified atom stereocenters. The number of carboxylic acids is 1. The molecular formula is C11H9ClN2O4S. The lowest BCUT2D eigenvalue weighted by Crippen LogP contribution is -2.38. The van der Waals surface area contributed by atoms with Gasteiger partial charge in [-0.2, -0.15) is 0 Å². The third-order valence-corrected chi connectivity index (χ3v) is 3.65. The summed E-state index contributed by atoms with van der Waals surface area (Å²) in [7, 11) is 0. The fraction of sp³-hybridized carbons (Fsp3) is 0.182. The largest absolute Gasteiger partial charge is 0.478 e. The molecule has 0 radical (unpaired) electrons. The van der Waals surface area contributed by atoms with Crippen molar-refractivity contribution in [1.82, 2.24) is 5.32 Å². The molecule has 8 heteroatoms. The van der Waals surface area contributed by atoms with Crippen LogP contribution in [0.4, 0.5) is 10.5 Å². The van der Waals surface area contributed by atoms with E-state index < -0.39 is 12.0 Å². The molecule has 1 aromatic rings. The van der Waals surface area contributed by atoms with E-state index >= 15 is 0 Å². The highest BCUT2D eigenvalue weighted by atomic mass is 35.5. The maximum absolute atomic E-state index is 11.8. The second-order valence-corrected chi connectivity index (χ2v) is 5.18. The van der Waals surface area contributed by atoms with E-state index in [1.807, 2.05) is 0 Å². The summed E-state index contributed by atoms with van der Waals surface area (Å²) in [6.45, 7) is 0. The molecule has 0 spiro atoms. The molecular weight excluding hydrogens is 292 g/mol. The van der Waals surface area contributed by atoms with Crippen molar-refractivity contribution in [3.05, 3.63) is 28.8 Å². The van der Waals surface area contributed by atoms with Crippen LogP contribution in [-0.2, 0) is 4.79 Å². The molecule has 1 atom stereocenters. The van der Waals surface area contributed by atoms with Gasteiger partial charge < -0.3 is 15.7 Å². The molecule has 1 saturated heterocycles. The summed E-state index contributed by atoms with van der Waals surface area (Å²) in [5.74, 6) is -1.13. The Morgan fingerprint density at radius 1 is 1.47 bits per heavy atom. The van der Waals surface area contributed by atoms with E-state index in [0.717, 1.165) is 11.8 Å². The molecule has 100 valence electrons. The minimum Gasteiger partial charge on any atom is -0.478 e. The van der Waals surface area contributed by atoms with Crippen LogP contribution in [0.25, 0.3) is 0 Å². The van der Waals surface area contributed by atoms with Gasteiger partial charge in [-0.1, -0.05) is 23.4 Å². The van der Waals surface area contributed by atoms with Gasteiger partial charge in [0.25, 0.3) is 5.24 Å². The van der Waals surface area contributed by atoms with E-state index in [0.29, 0.717) is 11.4 Å². The zero-order valence-corrected chi connectivity index (χ0v) is 11.0. The second-order valence-electron chi connectivity index (χ2n) is 3.78. The molecule has 6 nitrogen and oxygen atoms in total. The number of aromatic carboxylic acids is 1. The summed E-state index contributed by atoms with van der Waals surface area (Å²) in [5.41, 5.74) is 0.343. The van der Waals surface area contributed by atoms with Crippen LogP contribution in [-0.4, -0.2) is 34.0 Å². The lowest BCUT2D eigenvalue weighted by atomic mass is 10.2. The Kier molecular flexibility index (Phi) is 3.96. The summed E-state index contributed by atoms with van der Waals surface area (Å²) < 4.78 is 0. The summed E-state index contributed by atoms with van der Waals surface area (Å²) in [5, 5.41) is 13.7. The Morgan fingerprint density at radius 2 is 2.21 bits per heavy atom. The predicted molar refractivity (Wildman–Crippen MR) is 71.8 cm³/mol. The molecule has 0 saturated carbocycles. The molecule has 3 N–H and O–H groups in total. The van der Waals surface area contributed by atoms with Gasteiger partial charge in [-0.3, -0.25) is 9.59 Å². The summed E-state index contributed by atoms with van der Waals surface area (Å²) >= 11 is 6.82. The summed E-state index contributed by atoms with van der Waals surface area (Å²) in [4.78, 5) is 33.5. The van der Waals surface area contributed by atoms with Crippen molar-refractivity contribution in [2.75, 3.05) is 11.1 Å². The highest BCUT2D eigenvalue weighted by Gasteiger charge is 2.28. The molecule has 1 aromatic carbocycles. The lowest BCUT2D eigenvalue weighted by Gasteiger charge is -2.11. The van der Waals surface area contributed by atoms with Gasteiger partial charge in [0.2, 0.25) is 5.91 Å². The van der Waals surface area contributed by atoms with Gasteiger partial charge in [-0.15, -0.1) is 0 Å². The van der Waals surface area contributed by atoms with Crippen molar-refractivity contribution < 1.29 is 19.5 Å². The SMILES string of the molecule is O=C1NC(C(=O)Nc2ccc(C(=O)O)c(Cl)c2)CS1. The number of benzene rings is 1. The van der Waals surface area contributed by atoms with E-state index in [-0.39, 0.29) is 21.7 Å². The number of anilines is 1. The minimum absolute atomic E-state index is 0.0372. The minimum atomic E-state index is -1.14. The van der Waals surface area contributed by atoms with Gasteiger partial charge in [0.15, 0.2) is 0 Å². The van der Waals surface area contributed by atoms with E-state index in [1.54, 1.807) is 0 Å². The first kappa shape index (κ1) is 13.7. The standard InChI is InChI=1S/C11H9ClN2O4S/c12-7-3-5(1-2-6(7)10(16)17)13-9(15)8-4-19-11(18)14-8/h1-3,8H,4H2,(H,13,15)(H,14,18)(H,16,17). The van der Waals surface area contributed by atoms with Crippen LogP contribution >= 0.6 is 23.4 Å². The van der Waals surface area contributed by atoms with Crippen molar-refractivity contribution in [1.29, 1.82) is 0 Å². The van der Waals surface area contributed by atoms with Crippen LogP contribution in [0, 0.1) is 0 Å². The number of rotatable bonds is 3. The van der Waals surface area contributed by atoms with Crippen LogP contribution < -0.4 is 10.6 Å². The average molecular weight is 301 g/mol. The average Bonchev–Trinajstić information content (AvgIpc) is 2.75. The number of thioether (sulfide) groups is 1. The van der Waals surface area contributed by atoms with Gasteiger partial charge in [-0.25, -0.2) is 4.79 Å². The van der Waals surface area contributed by atoms with Crippen LogP contribution in [0.5, 0.6) is 0 Å². The highest BCUT2D eigenvalue weighted by Crippen LogP contribution is 2.22.